The minimum absolute atomic E-state index is 0.169. The second-order valence-corrected chi connectivity index (χ2v) is 6.14. The molecule has 4 N–H and O–H groups in total. The summed E-state index contributed by atoms with van der Waals surface area (Å²) >= 11 is 0. The van der Waals surface area contributed by atoms with E-state index in [1.165, 1.54) is 6.92 Å². The Morgan fingerprint density at radius 1 is 0.852 bits per heavy atom. The van der Waals surface area contributed by atoms with Crippen molar-refractivity contribution in [2.45, 2.75) is 20.8 Å². The van der Waals surface area contributed by atoms with Crippen LogP contribution in [-0.4, -0.2) is 30.9 Å². The topological polar surface area (TPSA) is 99.3 Å². The predicted molar refractivity (Wildman–Crippen MR) is 106 cm³/mol. The lowest BCUT2D eigenvalue weighted by molar-refractivity contribution is -0.114. The molecule has 2 aromatic rings. The Bertz CT molecular complexity index is 832. The minimum Gasteiger partial charge on any atom is -0.350 e. The Balaban J connectivity index is 1.74. The molecule has 27 heavy (non-hydrogen) atoms. The summed E-state index contributed by atoms with van der Waals surface area (Å²) in [6, 6.07) is 12.0. The van der Waals surface area contributed by atoms with E-state index in [4.69, 9.17) is 0 Å². The van der Waals surface area contributed by atoms with Gasteiger partial charge in [0.05, 0.1) is 0 Å². The molecule has 0 atom stereocenters. The molecule has 0 radical (unpaired) electrons. The summed E-state index contributed by atoms with van der Waals surface area (Å²) in [4.78, 5) is 35.0. The van der Waals surface area contributed by atoms with Gasteiger partial charge >= 0.3 is 6.03 Å². The molecule has 142 valence electrons. The molecule has 0 saturated carbocycles. The van der Waals surface area contributed by atoms with Gasteiger partial charge in [0.2, 0.25) is 5.91 Å². The van der Waals surface area contributed by atoms with Gasteiger partial charge in [0.15, 0.2) is 0 Å². The lowest BCUT2D eigenvalue weighted by Crippen LogP contribution is -2.36. The number of anilines is 2. The number of hydrogen-bond acceptors (Lipinski definition) is 3. The first-order valence-electron chi connectivity index (χ1n) is 8.63. The standard InChI is InChI=1S/C20H24N4O3/c1-13-5-4-6-18(14(13)2)24-20(27)22-12-11-21-19(26)16-7-9-17(10-8-16)23-15(3)25/h4-10H,11-12H2,1-3H3,(H,21,26)(H,23,25)(H2,22,24,27). The van der Waals surface area contributed by atoms with Gasteiger partial charge in [0.1, 0.15) is 0 Å². The summed E-state index contributed by atoms with van der Waals surface area (Å²) in [5.41, 5.74) is 3.98. The van der Waals surface area contributed by atoms with Crippen molar-refractivity contribution < 1.29 is 14.4 Å². The average molecular weight is 368 g/mol. The first kappa shape index (κ1) is 20.0. The Morgan fingerprint density at radius 3 is 2.19 bits per heavy atom. The van der Waals surface area contributed by atoms with E-state index in [2.05, 4.69) is 21.3 Å². The molecule has 0 saturated heterocycles. The van der Waals surface area contributed by atoms with Crippen molar-refractivity contribution in [2.24, 2.45) is 0 Å². The second-order valence-electron chi connectivity index (χ2n) is 6.14. The zero-order chi connectivity index (χ0) is 19.8. The first-order chi connectivity index (χ1) is 12.9. The smallest absolute Gasteiger partial charge is 0.319 e. The van der Waals surface area contributed by atoms with Crippen LogP contribution in [0.5, 0.6) is 0 Å². The predicted octanol–water partition coefficient (Wildman–Crippen LogP) is 2.81. The molecule has 0 aliphatic carbocycles. The second kappa shape index (κ2) is 9.38. The summed E-state index contributed by atoms with van der Waals surface area (Å²) in [6.07, 6.45) is 0. The van der Waals surface area contributed by atoms with E-state index >= 15 is 0 Å². The number of carbonyl (C=O) groups is 3. The molecular formula is C20H24N4O3. The summed E-state index contributed by atoms with van der Waals surface area (Å²) in [6.45, 7) is 5.95. The molecule has 0 unspecified atom stereocenters. The summed E-state index contributed by atoms with van der Waals surface area (Å²) in [5.74, 6) is -0.418. The molecule has 7 nitrogen and oxygen atoms in total. The van der Waals surface area contributed by atoms with Crippen LogP contribution in [0.3, 0.4) is 0 Å². The third-order valence-corrected chi connectivity index (χ3v) is 4.02. The van der Waals surface area contributed by atoms with Crippen molar-refractivity contribution in [1.82, 2.24) is 10.6 Å². The molecular weight excluding hydrogens is 344 g/mol. The summed E-state index contributed by atoms with van der Waals surface area (Å²) < 4.78 is 0. The Kier molecular flexibility index (Phi) is 6.93. The van der Waals surface area contributed by atoms with Crippen LogP contribution in [0.4, 0.5) is 16.2 Å². The van der Waals surface area contributed by atoms with Crippen LogP contribution >= 0.6 is 0 Å². The fourth-order valence-electron chi connectivity index (χ4n) is 2.42. The SMILES string of the molecule is CC(=O)Nc1ccc(C(=O)NCCNC(=O)Nc2cccc(C)c2C)cc1. The highest BCUT2D eigenvalue weighted by atomic mass is 16.2. The van der Waals surface area contributed by atoms with Crippen LogP contribution in [0.1, 0.15) is 28.4 Å². The molecule has 7 heteroatoms. The van der Waals surface area contributed by atoms with Gasteiger partial charge in [-0.25, -0.2) is 4.79 Å². The highest BCUT2D eigenvalue weighted by Gasteiger charge is 2.07. The van der Waals surface area contributed by atoms with Crippen molar-refractivity contribution in [1.29, 1.82) is 0 Å². The van der Waals surface area contributed by atoms with Crippen molar-refractivity contribution in [3.8, 4) is 0 Å². The Hall–Kier alpha value is -3.35. The van der Waals surface area contributed by atoms with E-state index in [1.54, 1.807) is 24.3 Å². The van der Waals surface area contributed by atoms with E-state index < -0.39 is 0 Å². The van der Waals surface area contributed by atoms with Gasteiger partial charge in [-0.05, 0) is 55.3 Å². The molecule has 0 bridgehead atoms. The van der Waals surface area contributed by atoms with Gasteiger partial charge in [-0.3, -0.25) is 9.59 Å². The molecule has 0 fully saturated rings. The van der Waals surface area contributed by atoms with E-state index in [9.17, 15) is 14.4 Å². The van der Waals surface area contributed by atoms with Crippen LogP contribution in [0.25, 0.3) is 0 Å². The van der Waals surface area contributed by atoms with Gasteiger partial charge in [0.25, 0.3) is 5.91 Å². The van der Waals surface area contributed by atoms with Crippen molar-refractivity contribution in [3.05, 3.63) is 59.2 Å². The number of hydrogen-bond donors (Lipinski definition) is 4. The lowest BCUT2D eigenvalue weighted by atomic mass is 10.1. The number of nitrogens with one attached hydrogen (secondary N) is 4. The Morgan fingerprint density at radius 2 is 1.52 bits per heavy atom. The maximum Gasteiger partial charge on any atom is 0.319 e. The van der Waals surface area contributed by atoms with Crippen LogP contribution < -0.4 is 21.3 Å². The third kappa shape index (κ3) is 6.14. The van der Waals surface area contributed by atoms with Gasteiger partial charge in [-0.2, -0.15) is 0 Å². The van der Waals surface area contributed by atoms with Crippen molar-refractivity contribution in [3.63, 3.8) is 0 Å². The van der Waals surface area contributed by atoms with Crippen LogP contribution in [0.2, 0.25) is 0 Å². The van der Waals surface area contributed by atoms with Crippen LogP contribution in [0.15, 0.2) is 42.5 Å². The fraction of sp³-hybridized carbons (Fsp3) is 0.250. The van der Waals surface area contributed by atoms with E-state index in [0.29, 0.717) is 24.3 Å². The third-order valence-electron chi connectivity index (χ3n) is 4.02. The first-order valence-corrected chi connectivity index (χ1v) is 8.63. The molecule has 0 aliphatic heterocycles. The highest BCUT2D eigenvalue weighted by Crippen LogP contribution is 2.17. The zero-order valence-corrected chi connectivity index (χ0v) is 15.7. The number of amides is 4. The van der Waals surface area contributed by atoms with E-state index in [1.807, 2.05) is 32.0 Å². The monoisotopic (exact) mass is 368 g/mol. The average Bonchev–Trinajstić information content (AvgIpc) is 2.62. The molecule has 4 amide bonds. The van der Waals surface area contributed by atoms with Gasteiger partial charge in [-0.15, -0.1) is 0 Å². The number of urea groups is 1. The molecule has 2 rings (SSSR count). The number of rotatable bonds is 6. The number of aryl methyl sites for hydroxylation is 1. The van der Waals surface area contributed by atoms with Crippen molar-refractivity contribution >= 4 is 29.2 Å². The molecule has 2 aromatic carbocycles. The van der Waals surface area contributed by atoms with Crippen molar-refractivity contribution in [2.75, 3.05) is 23.7 Å². The molecule has 0 aliphatic rings. The Labute approximate surface area is 158 Å². The molecule has 0 heterocycles. The summed E-state index contributed by atoms with van der Waals surface area (Å²) in [5, 5.41) is 10.9. The number of benzene rings is 2. The normalized spacial score (nSPS) is 10.0. The number of carbonyl (C=O) groups excluding carboxylic acids is 3. The molecule has 0 aromatic heterocycles. The van der Waals surface area contributed by atoms with Gasteiger partial charge < -0.3 is 21.3 Å². The maximum absolute atomic E-state index is 12.1. The fourth-order valence-corrected chi connectivity index (χ4v) is 2.42. The highest BCUT2D eigenvalue weighted by molar-refractivity contribution is 5.95. The van der Waals surface area contributed by atoms with Crippen LogP contribution in [-0.2, 0) is 4.79 Å². The van der Waals surface area contributed by atoms with Gasteiger partial charge in [-0.1, -0.05) is 12.1 Å². The lowest BCUT2D eigenvalue weighted by Gasteiger charge is -2.12. The zero-order valence-electron chi connectivity index (χ0n) is 15.7. The van der Waals surface area contributed by atoms with E-state index in [0.717, 1.165) is 16.8 Å². The largest absolute Gasteiger partial charge is 0.350 e. The van der Waals surface area contributed by atoms with Gasteiger partial charge in [0, 0.05) is 37.0 Å². The quantitative estimate of drug-likeness (QED) is 0.590. The minimum atomic E-state index is -0.322. The maximum atomic E-state index is 12.1. The van der Waals surface area contributed by atoms with E-state index in [-0.39, 0.29) is 17.8 Å². The van der Waals surface area contributed by atoms with Crippen LogP contribution in [0, 0.1) is 13.8 Å². The summed E-state index contributed by atoms with van der Waals surface area (Å²) in [7, 11) is 0. The molecule has 0 spiro atoms.